The van der Waals surface area contributed by atoms with Gasteiger partial charge in [0.25, 0.3) is 5.91 Å². The number of nitrogens with one attached hydrogen (secondary N) is 1. The normalized spacial score (nSPS) is 17.1. The Bertz CT molecular complexity index is 1250. The lowest BCUT2D eigenvalue weighted by atomic mass is 10.1. The summed E-state index contributed by atoms with van der Waals surface area (Å²) < 4.78 is 5.23. The van der Waals surface area contributed by atoms with E-state index in [1.807, 2.05) is 12.1 Å². The van der Waals surface area contributed by atoms with Crippen LogP contribution in [0.2, 0.25) is 10.0 Å². The second-order valence-corrected chi connectivity index (χ2v) is 9.14. The fourth-order valence-corrected chi connectivity index (χ4v) is 5.05. The van der Waals surface area contributed by atoms with E-state index in [1.165, 1.54) is 11.2 Å². The molecule has 1 atom stereocenters. The maximum absolute atomic E-state index is 13.4. The zero-order valence-electron chi connectivity index (χ0n) is 17.1. The summed E-state index contributed by atoms with van der Waals surface area (Å²) in [6.07, 6.45) is 1.79. The molecule has 1 aromatic heterocycles. The first-order valence-electron chi connectivity index (χ1n) is 9.92. The number of hydrogen-bond acceptors (Lipinski definition) is 5. The highest BCUT2D eigenvalue weighted by molar-refractivity contribution is 8.05. The molecule has 9 heteroatoms. The van der Waals surface area contributed by atoms with Crippen LogP contribution in [-0.4, -0.2) is 17.1 Å². The fraction of sp³-hybridized carbons (Fsp3) is 0.125. The number of halogens is 2. The molecule has 0 radical (unpaired) electrons. The molecule has 2 aromatic carbocycles. The summed E-state index contributed by atoms with van der Waals surface area (Å²) in [7, 11) is 0. The third kappa shape index (κ3) is 5.09. The van der Waals surface area contributed by atoms with Gasteiger partial charge in [0.2, 0.25) is 5.91 Å². The van der Waals surface area contributed by atoms with Crippen molar-refractivity contribution in [2.75, 3.05) is 4.90 Å². The van der Waals surface area contributed by atoms with Crippen LogP contribution in [0.5, 0.6) is 0 Å². The van der Waals surface area contributed by atoms with Crippen molar-refractivity contribution in [3.8, 4) is 6.07 Å². The number of para-hydroxylation sites is 1. The van der Waals surface area contributed by atoms with E-state index in [2.05, 4.69) is 5.32 Å². The van der Waals surface area contributed by atoms with E-state index in [9.17, 15) is 14.9 Å². The molecule has 0 saturated carbocycles. The average Bonchev–Trinajstić information content (AvgIpc) is 3.44. The smallest absolute Gasteiger partial charge is 0.265 e. The van der Waals surface area contributed by atoms with Gasteiger partial charge >= 0.3 is 0 Å². The maximum Gasteiger partial charge on any atom is 0.265 e. The zero-order chi connectivity index (χ0) is 23.4. The van der Waals surface area contributed by atoms with Crippen molar-refractivity contribution in [2.24, 2.45) is 0 Å². The highest BCUT2D eigenvalue weighted by Crippen LogP contribution is 2.42. The third-order valence-corrected chi connectivity index (χ3v) is 6.80. The molecular formula is C24H17Cl2N3O3S. The second kappa shape index (κ2) is 10.2. The van der Waals surface area contributed by atoms with Crippen LogP contribution in [0.3, 0.4) is 0 Å². The fourth-order valence-electron chi connectivity index (χ4n) is 3.37. The number of nitrogens with zero attached hydrogens (tertiary/aromatic N) is 2. The molecule has 3 aromatic rings. The second-order valence-electron chi connectivity index (χ2n) is 7.11. The number of nitriles is 1. The number of hydrogen-bond donors (Lipinski definition) is 1. The van der Waals surface area contributed by atoms with Gasteiger partial charge in [-0.3, -0.25) is 14.5 Å². The summed E-state index contributed by atoms with van der Waals surface area (Å²) in [4.78, 5) is 27.7. The molecule has 6 nitrogen and oxygen atoms in total. The van der Waals surface area contributed by atoms with Crippen LogP contribution in [-0.2, 0) is 22.6 Å². The summed E-state index contributed by atoms with van der Waals surface area (Å²) in [5.41, 5.74) is 1.13. The quantitative estimate of drug-likeness (QED) is 0.367. The van der Waals surface area contributed by atoms with E-state index in [4.69, 9.17) is 27.6 Å². The lowest BCUT2D eigenvalue weighted by Gasteiger charge is -2.18. The minimum Gasteiger partial charge on any atom is -0.467 e. The van der Waals surface area contributed by atoms with Crippen molar-refractivity contribution in [3.63, 3.8) is 0 Å². The van der Waals surface area contributed by atoms with Crippen molar-refractivity contribution in [1.29, 1.82) is 5.26 Å². The van der Waals surface area contributed by atoms with Crippen molar-refractivity contribution in [3.05, 3.63) is 98.9 Å². The van der Waals surface area contributed by atoms with E-state index >= 15 is 0 Å². The van der Waals surface area contributed by atoms with Crippen LogP contribution in [0.15, 0.2) is 81.9 Å². The number of benzene rings is 2. The molecule has 1 saturated heterocycles. The number of carbonyl (C=O) groups excluding carboxylic acids is 2. The minimum atomic E-state index is -0.591. The number of anilines is 1. The molecule has 1 aliphatic heterocycles. The van der Waals surface area contributed by atoms with Crippen LogP contribution >= 0.6 is 35.0 Å². The lowest BCUT2D eigenvalue weighted by molar-refractivity contribution is -0.117. The molecule has 1 N–H and O–H groups in total. The molecule has 2 heterocycles. The Labute approximate surface area is 204 Å². The molecule has 4 rings (SSSR count). The molecular weight excluding hydrogens is 481 g/mol. The summed E-state index contributed by atoms with van der Waals surface area (Å²) in [5.74, 6) is -0.287. The lowest BCUT2D eigenvalue weighted by Crippen LogP contribution is -2.32. The first kappa shape index (κ1) is 23.0. The van der Waals surface area contributed by atoms with Crippen molar-refractivity contribution in [1.82, 2.24) is 5.32 Å². The largest absolute Gasteiger partial charge is 0.467 e. The van der Waals surface area contributed by atoms with E-state index in [0.717, 1.165) is 11.8 Å². The highest BCUT2D eigenvalue weighted by Gasteiger charge is 2.41. The van der Waals surface area contributed by atoms with Gasteiger partial charge in [-0.05, 0) is 54.4 Å². The van der Waals surface area contributed by atoms with Gasteiger partial charge in [0, 0.05) is 15.7 Å². The van der Waals surface area contributed by atoms with Crippen molar-refractivity contribution < 1.29 is 14.0 Å². The Balaban J connectivity index is 1.68. The van der Waals surface area contributed by atoms with Crippen LogP contribution in [0.1, 0.15) is 11.3 Å². The Morgan fingerprint density at radius 3 is 2.64 bits per heavy atom. The summed E-state index contributed by atoms with van der Waals surface area (Å²) in [6, 6.07) is 19.4. The average molecular weight is 498 g/mol. The highest BCUT2D eigenvalue weighted by atomic mass is 35.5. The van der Waals surface area contributed by atoms with Crippen LogP contribution in [0, 0.1) is 11.3 Å². The molecule has 1 fully saturated rings. The molecule has 0 spiro atoms. The number of carbonyl (C=O) groups is 2. The minimum absolute atomic E-state index is 0.121. The van der Waals surface area contributed by atoms with Crippen LogP contribution in [0.25, 0.3) is 0 Å². The first-order chi connectivity index (χ1) is 16.0. The van der Waals surface area contributed by atoms with Gasteiger partial charge in [0.15, 0.2) is 0 Å². The van der Waals surface area contributed by atoms with Crippen molar-refractivity contribution >= 4 is 52.5 Å². The monoisotopic (exact) mass is 497 g/mol. The Hall–Kier alpha value is -3.18. The molecule has 166 valence electrons. The van der Waals surface area contributed by atoms with Gasteiger partial charge in [0.05, 0.1) is 18.1 Å². The van der Waals surface area contributed by atoms with Crippen LogP contribution < -0.4 is 10.2 Å². The molecule has 0 bridgehead atoms. The Kier molecular flexibility index (Phi) is 7.09. The molecule has 0 unspecified atom stereocenters. The van der Waals surface area contributed by atoms with Gasteiger partial charge in [-0.2, -0.15) is 5.26 Å². The number of amides is 2. The van der Waals surface area contributed by atoms with E-state index < -0.39 is 11.2 Å². The number of furan rings is 1. The molecule has 2 amide bonds. The predicted molar refractivity (Wildman–Crippen MR) is 129 cm³/mol. The SMILES string of the molecule is N#C/C(C(=O)NCc1ccco1)=C1/S[C@H](Cc2cc(Cl)ccc2Cl)C(=O)N1c1ccccc1. The van der Waals surface area contributed by atoms with E-state index in [-0.39, 0.29) is 23.1 Å². The first-order valence-corrected chi connectivity index (χ1v) is 11.6. The summed E-state index contributed by atoms with van der Waals surface area (Å²) >= 11 is 13.6. The van der Waals surface area contributed by atoms with Gasteiger partial charge in [-0.15, -0.1) is 0 Å². The summed E-state index contributed by atoms with van der Waals surface area (Å²) in [5, 5.41) is 13.2. The Morgan fingerprint density at radius 1 is 1.15 bits per heavy atom. The van der Waals surface area contributed by atoms with Gasteiger partial charge in [-0.25, -0.2) is 0 Å². The molecule has 0 aliphatic carbocycles. The van der Waals surface area contributed by atoms with Gasteiger partial charge in [-0.1, -0.05) is 53.2 Å². The van der Waals surface area contributed by atoms with Gasteiger partial charge in [0.1, 0.15) is 22.4 Å². The maximum atomic E-state index is 13.4. The Morgan fingerprint density at radius 2 is 1.94 bits per heavy atom. The topological polar surface area (TPSA) is 86.3 Å². The predicted octanol–water partition coefficient (Wildman–Crippen LogP) is 5.33. The molecule has 33 heavy (non-hydrogen) atoms. The summed E-state index contributed by atoms with van der Waals surface area (Å²) in [6.45, 7) is 0.121. The number of thioether (sulfide) groups is 1. The number of rotatable bonds is 6. The van der Waals surface area contributed by atoms with Crippen molar-refractivity contribution in [2.45, 2.75) is 18.2 Å². The standard InChI is InChI=1S/C24H17Cl2N3O3S/c25-16-8-9-20(26)15(11-16)12-21-23(31)29(17-5-2-1-3-6-17)24(33-21)19(13-27)22(30)28-14-18-7-4-10-32-18/h1-11,21H,12,14H2,(H,28,30)/b24-19-/t21-/m1/s1. The van der Waals surface area contributed by atoms with E-state index in [0.29, 0.717) is 33.5 Å². The molecule has 1 aliphatic rings. The zero-order valence-corrected chi connectivity index (χ0v) is 19.5. The van der Waals surface area contributed by atoms with Gasteiger partial charge < -0.3 is 9.73 Å². The van der Waals surface area contributed by atoms with E-state index in [1.54, 1.807) is 54.6 Å². The van der Waals surface area contributed by atoms with Crippen LogP contribution in [0.4, 0.5) is 5.69 Å². The third-order valence-electron chi connectivity index (χ3n) is 4.94.